The molecule has 1 aliphatic heterocycles. The van der Waals surface area contributed by atoms with E-state index in [0.717, 1.165) is 29.3 Å². The highest BCUT2D eigenvalue weighted by atomic mass is 32.2. The summed E-state index contributed by atoms with van der Waals surface area (Å²) in [5, 5.41) is 14.9. The lowest BCUT2D eigenvalue weighted by Crippen LogP contribution is -2.23. The van der Waals surface area contributed by atoms with Crippen molar-refractivity contribution in [2.24, 2.45) is 0 Å². The van der Waals surface area contributed by atoms with Gasteiger partial charge in [0.05, 0.1) is 11.3 Å². The van der Waals surface area contributed by atoms with Gasteiger partial charge in [0.25, 0.3) is 5.70 Å². The molecule has 0 spiro atoms. The van der Waals surface area contributed by atoms with Crippen LogP contribution in [0.2, 0.25) is 0 Å². The van der Waals surface area contributed by atoms with Crippen molar-refractivity contribution in [3.8, 4) is 0 Å². The molecule has 0 aromatic heterocycles. The summed E-state index contributed by atoms with van der Waals surface area (Å²) in [5.41, 5.74) is 1.25. The minimum Gasteiger partial charge on any atom is -0.375 e. The van der Waals surface area contributed by atoms with E-state index in [1.54, 1.807) is 11.8 Å². The Balaban J connectivity index is 2.21. The zero-order valence-electron chi connectivity index (χ0n) is 9.39. The maximum atomic E-state index is 11.1. The number of allylic oxidation sites excluding steroid dienone is 1. The molecule has 17 heavy (non-hydrogen) atoms. The smallest absolute Gasteiger partial charge is 0.280 e. The fraction of sp³-hybridized carbons (Fsp3) is 0.333. The molecule has 2 rings (SSSR count). The van der Waals surface area contributed by atoms with Crippen molar-refractivity contribution in [2.75, 3.05) is 12.3 Å². The summed E-state index contributed by atoms with van der Waals surface area (Å²) in [6, 6.07) is 9.54. The van der Waals surface area contributed by atoms with E-state index in [4.69, 9.17) is 0 Å². The second-order valence-corrected chi connectivity index (χ2v) is 4.93. The Morgan fingerprint density at radius 2 is 2.18 bits per heavy atom. The third-order valence-electron chi connectivity index (χ3n) is 2.55. The van der Waals surface area contributed by atoms with Crippen LogP contribution in [-0.2, 0) is 6.42 Å². The first kappa shape index (κ1) is 12.0. The Bertz CT molecular complexity index is 423. The fourth-order valence-electron chi connectivity index (χ4n) is 1.70. The zero-order valence-corrected chi connectivity index (χ0v) is 10.2. The number of nitrogens with one attached hydrogen (secondary N) is 1. The molecule has 0 unspecified atom stereocenters. The summed E-state index contributed by atoms with van der Waals surface area (Å²) >= 11 is 1.55. The number of thioether (sulfide) groups is 1. The normalized spacial score (nSPS) is 18.4. The van der Waals surface area contributed by atoms with Crippen LogP contribution < -0.4 is 5.32 Å². The van der Waals surface area contributed by atoms with E-state index in [1.165, 1.54) is 0 Å². The predicted molar refractivity (Wildman–Crippen MR) is 69.2 cm³/mol. The van der Waals surface area contributed by atoms with E-state index in [0.29, 0.717) is 6.42 Å². The standard InChI is InChI=1S/C12H14N2O2S/c15-14(16)11(12-13-7-4-8-17-12)9-10-5-2-1-3-6-10/h1-3,5-6,13H,4,7-9H2/b12-11+. The van der Waals surface area contributed by atoms with Crippen LogP contribution in [0.3, 0.4) is 0 Å². The summed E-state index contributed by atoms with van der Waals surface area (Å²) in [6.07, 6.45) is 1.44. The zero-order chi connectivity index (χ0) is 12.1. The third-order valence-corrected chi connectivity index (χ3v) is 3.71. The summed E-state index contributed by atoms with van der Waals surface area (Å²) in [6.45, 7) is 0.828. The average molecular weight is 250 g/mol. The van der Waals surface area contributed by atoms with Gasteiger partial charge in [-0.3, -0.25) is 10.1 Å². The molecule has 0 radical (unpaired) electrons. The molecule has 1 saturated heterocycles. The summed E-state index contributed by atoms with van der Waals surface area (Å²) in [4.78, 5) is 10.8. The van der Waals surface area contributed by atoms with Gasteiger partial charge in [0.15, 0.2) is 0 Å². The van der Waals surface area contributed by atoms with Gasteiger partial charge in [-0.2, -0.15) is 0 Å². The van der Waals surface area contributed by atoms with Crippen LogP contribution in [0.4, 0.5) is 0 Å². The first-order valence-corrected chi connectivity index (χ1v) is 6.54. The van der Waals surface area contributed by atoms with E-state index in [9.17, 15) is 10.1 Å². The Morgan fingerprint density at radius 3 is 2.76 bits per heavy atom. The minimum atomic E-state index is -0.270. The molecular formula is C12H14N2O2S. The van der Waals surface area contributed by atoms with E-state index in [2.05, 4.69) is 5.32 Å². The topological polar surface area (TPSA) is 55.2 Å². The van der Waals surface area contributed by atoms with Crippen LogP contribution in [-0.4, -0.2) is 17.2 Å². The monoisotopic (exact) mass is 250 g/mol. The van der Waals surface area contributed by atoms with Gasteiger partial charge in [-0.05, 0) is 12.0 Å². The van der Waals surface area contributed by atoms with E-state index >= 15 is 0 Å². The van der Waals surface area contributed by atoms with Crippen LogP contribution >= 0.6 is 11.8 Å². The van der Waals surface area contributed by atoms with Crippen molar-refractivity contribution in [2.45, 2.75) is 12.8 Å². The van der Waals surface area contributed by atoms with Crippen molar-refractivity contribution >= 4 is 11.8 Å². The molecule has 1 fully saturated rings. The largest absolute Gasteiger partial charge is 0.375 e. The SMILES string of the molecule is O=[N+]([O-])/C(Cc1ccccc1)=C1\NCCCS1. The lowest BCUT2D eigenvalue weighted by atomic mass is 10.1. The van der Waals surface area contributed by atoms with Gasteiger partial charge in [-0.25, -0.2) is 0 Å². The number of benzene rings is 1. The molecule has 1 aromatic rings. The van der Waals surface area contributed by atoms with Gasteiger partial charge in [0, 0.05) is 12.3 Å². The van der Waals surface area contributed by atoms with Crippen molar-refractivity contribution in [1.82, 2.24) is 5.32 Å². The molecule has 0 amide bonds. The summed E-state index contributed by atoms with van der Waals surface area (Å²) < 4.78 is 0. The highest BCUT2D eigenvalue weighted by Crippen LogP contribution is 2.24. The van der Waals surface area contributed by atoms with E-state index in [1.807, 2.05) is 30.3 Å². The van der Waals surface area contributed by atoms with Crippen LogP contribution in [0.15, 0.2) is 41.1 Å². The van der Waals surface area contributed by atoms with Gasteiger partial charge < -0.3 is 5.32 Å². The second-order valence-electron chi connectivity index (χ2n) is 3.82. The Labute approximate surface area is 104 Å². The highest BCUT2D eigenvalue weighted by molar-refractivity contribution is 8.03. The molecule has 4 nitrogen and oxygen atoms in total. The summed E-state index contributed by atoms with van der Waals surface area (Å²) in [5.74, 6) is 0.953. The van der Waals surface area contributed by atoms with Gasteiger partial charge in [0.1, 0.15) is 5.03 Å². The number of hydrogen-bond acceptors (Lipinski definition) is 4. The molecule has 5 heteroatoms. The number of hydrogen-bond donors (Lipinski definition) is 1. The Morgan fingerprint density at radius 1 is 1.41 bits per heavy atom. The predicted octanol–water partition coefficient (Wildman–Crippen LogP) is 2.40. The van der Waals surface area contributed by atoms with Crippen molar-refractivity contribution < 1.29 is 4.92 Å². The van der Waals surface area contributed by atoms with Gasteiger partial charge in [0.2, 0.25) is 0 Å². The third kappa shape index (κ3) is 3.23. The maximum Gasteiger partial charge on any atom is 0.280 e. The first-order chi connectivity index (χ1) is 8.27. The van der Waals surface area contributed by atoms with Crippen molar-refractivity contribution in [3.63, 3.8) is 0 Å². The molecule has 1 aliphatic rings. The molecule has 0 atom stereocenters. The molecule has 1 aromatic carbocycles. The second kappa shape index (κ2) is 5.72. The molecule has 0 bridgehead atoms. The minimum absolute atomic E-state index is 0.270. The quantitative estimate of drug-likeness (QED) is 0.661. The van der Waals surface area contributed by atoms with Gasteiger partial charge in [-0.1, -0.05) is 30.3 Å². The van der Waals surface area contributed by atoms with E-state index < -0.39 is 0 Å². The fourth-order valence-corrected chi connectivity index (χ4v) is 2.71. The van der Waals surface area contributed by atoms with E-state index in [-0.39, 0.29) is 10.6 Å². The van der Waals surface area contributed by atoms with Crippen LogP contribution in [0.5, 0.6) is 0 Å². The number of rotatable bonds is 3. The first-order valence-electron chi connectivity index (χ1n) is 5.55. The molecule has 0 aliphatic carbocycles. The molecule has 1 N–H and O–H groups in total. The highest BCUT2D eigenvalue weighted by Gasteiger charge is 2.21. The van der Waals surface area contributed by atoms with Crippen molar-refractivity contribution in [1.29, 1.82) is 0 Å². The number of nitro groups is 1. The summed E-state index contributed by atoms with van der Waals surface area (Å²) in [7, 11) is 0. The lowest BCUT2D eigenvalue weighted by Gasteiger charge is -2.16. The maximum absolute atomic E-state index is 11.1. The lowest BCUT2D eigenvalue weighted by molar-refractivity contribution is -0.427. The average Bonchev–Trinajstić information content (AvgIpc) is 2.38. The van der Waals surface area contributed by atoms with Crippen LogP contribution in [0, 0.1) is 10.1 Å². The number of nitrogens with zero attached hydrogens (tertiary/aromatic N) is 1. The molecular weight excluding hydrogens is 236 g/mol. The van der Waals surface area contributed by atoms with Crippen molar-refractivity contribution in [3.05, 3.63) is 56.7 Å². The Hall–Kier alpha value is -1.49. The molecule has 1 heterocycles. The van der Waals surface area contributed by atoms with Gasteiger partial charge >= 0.3 is 0 Å². The van der Waals surface area contributed by atoms with Gasteiger partial charge in [-0.15, -0.1) is 11.8 Å². The van der Waals surface area contributed by atoms with Crippen LogP contribution in [0.25, 0.3) is 0 Å². The van der Waals surface area contributed by atoms with Crippen LogP contribution in [0.1, 0.15) is 12.0 Å². The molecule has 90 valence electrons. The molecule has 0 saturated carbocycles. The Kier molecular flexibility index (Phi) is 4.03.